The molecule has 0 aliphatic heterocycles. The standard InChI is InChI=1S/C28H25ClN2O3S/c1-3-26(28(33)31-22-13-14-25(34-2)24(29)17-22)35-23-10-6-9-21(16-23)30-27(32)20-12-11-18-7-4-5-8-19(18)15-20/h4-17,26H,3H2,1-2H3,(H,30,32)(H,31,33). The number of hydrogen-bond acceptors (Lipinski definition) is 4. The molecule has 1 atom stereocenters. The van der Waals surface area contributed by atoms with Crippen molar-refractivity contribution in [2.24, 2.45) is 0 Å². The lowest BCUT2D eigenvalue weighted by Crippen LogP contribution is -2.24. The van der Waals surface area contributed by atoms with E-state index in [9.17, 15) is 9.59 Å². The molecule has 0 bridgehead atoms. The van der Waals surface area contributed by atoms with E-state index in [-0.39, 0.29) is 17.1 Å². The third-order valence-corrected chi connectivity index (χ3v) is 7.12. The van der Waals surface area contributed by atoms with Crippen molar-refractivity contribution < 1.29 is 14.3 Å². The van der Waals surface area contributed by atoms with Crippen molar-refractivity contribution in [2.75, 3.05) is 17.7 Å². The Bertz CT molecular complexity index is 1380. The summed E-state index contributed by atoms with van der Waals surface area (Å²) in [4.78, 5) is 26.6. The molecule has 0 heterocycles. The summed E-state index contributed by atoms with van der Waals surface area (Å²) in [7, 11) is 1.54. The number of fused-ring (bicyclic) bond motifs is 1. The largest absolute Gasteiger partial charge is 0.495 e. The van der Waals surface area contributed by atoms with Gasteiger partial charge in [-0.15, -0.1) is 11.8 Å². The average molecular weight is 505 g/mol. The highest BCUT2D eigenvalue weighted by Crippen LogP contribution is 2.31. The highest BCUT2D eigenvalue weighted by molar-refractivity contribution is 8.00. The number of halogens is 1. The first kappa shape index (κ1) is 24.6. The molecule has 4 rings (SSSR count). The van der Waals surface area contributed by atoms with Crippen LogP contribution in [0.5, 0.6) is 5.75 Å². The lowest BCUT2D eigenvalue weighted by molar-refractivity contribution is -0.115. The van der Waals surface area contributed by atoms with Gasteiger partial charge in [-0.1, -0.05) is 54.9 Å². The SMILES string of the molecule is CCC(Sc1cccc(NC(=O)c2ccc3ccccc3c2)c1)C(=O)Nc1ccc(OC)c(Cl)c1. The molecule has 2 amide bonds. The summed E-state index contributed by atoms with van der Waals surface area (Å²) in [5.74, 6) is 0.247. The van der Waals surface area contributed by atoms with Crippen LogP contribution in [0.15, 0.2) is 89.8 Å². The average Bonchev–Trinajstić information content (AvgIpc) is 2.87. The number of anilines is 2. The van der Waals surface area contributed by atoms with Crippen molar-refractivity contribution in [3.05, 3.63) is 95.5 Å². The maximum absolute atomic E-state index is 12.9. The minimum absolute atomic E-state index is 0.121. The van der Waals surface area contributed by atoms with E-state index in [0.717, 1.165) is 15.7 Å². The Kier molecular flexibility index (Phi) is 7.95. The number of carbonyl (C=O) groups excluding carboxylic acids is 2. The molecule has 2 N–H and O–H groups in total. The molecule has 0 aromatic heterocycles. The molecule has 0 spiro atoms. The Balaban J connectivity index is 1.42. The number of nitrogens with one attached hydrogen (secondary N) is 2. The molecule has 0 aliphatic rings. The van der Waals surface area contributed by atoms with Crippen LogP contribution in [0.4, 0.5) is 11.4 Å². The quantitative estimate of drug-likeness (QED) is 0.248. The van der Waals surface area contributed by atoms with Crippen molar-refractivity contribution in [1.82, 2.24) is 0 Å². The molecule has 4 aromatic rings. The van der Waals surface area contributed by atoms with E-state index in [0.29, 0.717) is 34.1 Å². The first-order valence-corrected chi connectivity index (χ1v) is 12.4. The highest BCUT2D eigenvalue weighted by atomic mass is 35.5. The van der Waals surface area contributed by atoms with E-state index in [4.69, 9.17) is 16.3 Å². The molecule has 0 aliphatic carbocycles. The van der Waals surface area contributed by atoms with Crippen LogP contribution < -0.4 is 15.4 Å². The number of thioether (sulfide) groups is 1. The smallest absolute Gasteiger partial charge is 0.255 e. The summed E-state index contributed by atoms with van der Waals surface area (Å²) >= 11 is 7.62. The van der Waals surface area contributed by atoms with Crippen molar-refractivity contribution >= 4 is 57.3 Å². The summed E-state index contributed by atoms with van der Waals surface area (Å²) in [6.07, 6.45) is 0.633. The second kappa shape index (κ2) is 11.3. The normalized spacial score (nSPS) is 11.6. The Hall–Kier alpha value is -3.48. The van der Waals surface area contributed by atoms with Gasteiger partial charge in [-0.2, -0.15) is 0 Å². The van der Waals surface area contributed by atoms with Crippen molar-refractivity contribution in [3.63, 3.8) is 0 Å². The van der Waals surface area contributed by atoms with Gasteiger partial charge >= 0.3 is 0 Å². The molecule has 35 heavy (non-hydrogen) atoms. The Morgan fingerprint density at radius 2 is 1.66 bits per heavy atom. The number of ether oxygens (including phenoxy) is 1. The maximum Gasteiger partial charge on any atom is 0.255 e. The van der Waals surface area contributed by atoms with Gasteiger partial charge in [0.1, 0.15) is 5.75 Å². The third-order valence-electron chi connectivity index (χ3n) is 5.46. The summed E-state index contributed by atoms with van der Waals surface area (Å²) in [5.41, 5.74) is 1.87. The molecule has 0 radical (unpaired) electrons. The van der Waals surface area contributed by atoms with Crippen LogP contribution in [0.2, 0.25) is 5.02 Å². The van der Waals surface area contributed by atoms with E-state index in [1.807, 2.05) is 73.7 Å². The van der Waals surface area contributed by atoms with Gasteiger partial charge in [-0.05, 0) is 65.7 Å². The topological polar surface area (TPSA) is 67.4 Å². The van der Waals surface area contributed by atoms with E-state index in [1.54, 1.807) is 25.3 Å². The van der Waals surface area contributed by atoms with Gasteiger partial charge in [-0.3, -0.25) is 9.59 Å². The minimum atomic E-state index is -0.317. The Labute approximate surface area is 213 Å². The van der Waals surface area contributed by atoms with Crippen LogP contribution in [0.3, 0.4) is 0 Å². The fraction of sp³-hybridized carbons (Fsp3) is 0.143. The van der Waals surface area contributed by atoms with Gasteiger partial charge in [-0.25, -0.2) is 0 Å². The molecule has 178 valence electrons. The van der Waals surface area contributed by atoms with Crippen LogP contribution >= 0.6 is 23.4 Å². The van der Waals surface area contributed by atoms with Gasteiger partial charge in [0.2, 0.25) is 5.91 Å². The van der Waals surface area contributed by atoms with Crippen LogP contribution in [-0.2, 0) is 4.79 Å². The molecule has 7 heteroatoms. The second-order valence-corrected chi connectivity index (χ2v) is 9.58. The lowest BCUT2D eigenvalue weighted by Gasteiger charge is -2.16. The van der Waals surface area contributed by atoms with Gasteiger partial charge in [0, 0.05) is 21.8 Å². The van der Waals surface area contributed by atoms with Crippen LogP contribution in [0.1, 0.15) is 23.7 Å². The molecular formula is C28H25ClN2O3S. The molecular weight excluding hydrogens is 480 g/mol. The number of methoxy groups -OCH3 is 1. The minimum Gasteiger partial charge on any atom is -0.495 e. The Morgan fingerprint density at radius 3 is 2.40 bits per heavy atom. The van der Waals surface area contributed by atoms with E-state index in [2.05, 4.69) is 10.6 Å². The molecule has 5 nitrogen and oxygen atoms in total. The second-order valence-electron chi connectivity index (χ2n) is 7.90. The fourth-order valence-electron chi connectivity index (χ4n) is 3.63. The zero-order valence-corrected chi connectivity index (χ0v) is 21.0. The maximum atomic E-state index is 12.9. The van der Waals surface area contributed by atoms with Gasteiger partial charge in [0.15, 0.2) is 0 Å². The van der Waals surface area contributed by atoms with Gasteiger partial charge < -0.3 is 15.4 Å². The zero-order chi connectivity index (χ0) is 24.8. The van der Waals surface area contributed by atoms with E-state index < -0.39 is 0 Å². The lowest BCUT2D eigenvalue weighted by atomic mass is 10.1. The number of hydrogen-bond donors (Lipinski definition) is 2. The Morgan fingerprint density at radius 1 is 0.886 bits per heavy atom. The van der Waals surface area contributed by atoms with Crippen LogP contribution in [0, 0.1) is 0 Å². The predicted molar refractivity (Wildman–Crippen MR) is 145 cm³/mol. The fourth-order valence-corrected chi connectivity index (χ4v) is 4.91. The highest BCUT2D eigenvalue weighted by Gasteiger charge is 2.19. The number of amides is 2. The predicted octanol–water partition coefficient (Wildman–Crippen LogP) is 7.26. The zero-order valence-electron chi connectivity index (χ0n) is 19.4. The van der Waals surface area contributed by atoms with Crippen molar-refractivity contribution in [2.45, 2.75) is 23.5 Å². The number of rotatable bonds is 8. The van der Waals surface area contributed by atoms with E-state index in [1.165, 1.54) is 11.8 Å². The van der Waals surface area contributed by atoms with Gasteiger partial charge in [0.05, 0.1) is 17.4 Å². The molecule has 0 saturated heterocycles. The summed E-state index contributed by atoms with van der Waals surface area (Å²) in [6, 6.07) is 26.2. The van der Waals surface area contributed by atoms with Crippen LogP contribution in [-0.4, -0.2) is 24.2 Å². The summed E-state index contributed by atoms with van der Waals surface area (Å²) < 4.78 is 5.16. The molecule has 0 fully saturated rings. The van der Waals surface area contributed by atoms with E-state index >= 15 is 0 Å². The third kappa shape index (κ3) is 6.15. The molecule has 1 unspecified atom stereocenters. The van der Waals surface area contributed by atoms with Gasteiger partial charge in [0.25, 0.3) is 5.91 Å². The monoisotopic (exact) mass is 504 g/mol. The van der Waals surface area contributed by atoms with Crippen molar-refractivity contribution in [1.29, 1.82) is 0 Å². The first-order chi connectivity index (χ1) is 17.0. The van der Waals surface area contributed by atoms with Crippen LogP contribution in [0.25, 0.3) is 10.8 Å². The van der Waals surface area contributed by atoms with Crippen molar-refractivity contribution in [3.8, 4) is 5.75 Å². The molecule has 0 saturated carbocycles. The number of carbonyl (C=O) groups is 2. The first-order valence-electron chi connectivity index (χ1n) is 11.2. The summed E-state index contributed by atoms with van der Waals surface area (Å²) in [6.45, 7) is 1.96. The molecule has 4 aromatic carbocycles. The number of benzene rings is 4. The summed E-state index contributed by atoms with van der Waals surface area (Å²) in [5, 5.41) is 8.09.